The first-order valence-corrected chi connectivity index (χ1v) is 8.93. The minimum Gasteiger partial charge on any atom is -0.343 e. The van der Waals surface area contributed by atoms with Crippen LogP contribution in [0.25, 0.3) is 0 Å². The molecule has 1 aliphatic carbocycles. The Morgan fingerprint density at radius 2 is 2.00 bits per heavy atom. The van der Waals surface area contributed by atoms with Crippen LogP contribution < -0.4 is 5.32 Å². The van der Waals surface area contributed by atoms with Gasteiger partial charge in [-0.1, -0.05) is 30.3 Å². The maximum absolute atomic E-state index is 12.6. The van der Waals surface area contributed by atoms with Crippen LogP contribution in [-0.2, 0) is 0 Å². The van der Waals surface area contributed by atoms with Crippen LogP contribution in [0.15, 0.2) is 36.4 Å². The summed E-state index contributed by atoms with van der Waals surface area (Å²) >= 11 is 0. The summed E-state index contributed by atoms with van der Waals surface area (Å²) in [5, 5.41) is 10.4. The maximum Gasteiger partial charge on any atom is 0.272 e. The predicted molar refractivity (Wildman–Crippen MR) is 92.9 cm³/mol. The lowest BCUT2D eigenvalue weighted by atomic mass is 10.1. The lowest BCUT2D eigenvalue weighted by molar-refractivity contribution is 0.0922. The Morgan fingerprint density at radius 1 is 1.25 bits per heavy atom. The fourth-order valence-electron chi connectivity index (χ4n) is 3.43. The van der Waals surface area contributed by atoms with Gasteiger partial charge in [-0.2, -0.15) is 5.10 Å². The molecule has 0 spiro atoms. The second-order valence-electron chi connectivity index (χ2n) is 6.93. The summed E-state index contributed by atoms with van der Waals surface area (Å²) in [5.74, 6) is 0.486. The minimum absolute atomic E-state index is 0.00197. The molecule has 0 radical (unpaired) electrons. The van der Waals surface area contributed by atoms with Gasteiger partial charge in [0.05, 0.1) is 6.04 Å². The van der Waals surface area contributed by atoms with E-state index in [1.165, 1.54) is 25.7 Å². The molecule has 0 bridgehead atoms. The van der Waals surface area contributed by atoms with Gasteiger partial charge < -0.3 is 10.2 Å². The summed E-state index contributed by atoms with van der Waals surface area (Å²) in [6.45, 7) is 3.09. The van der Waals surface area contributed by atoms with Crippen molar-refractivity contribution in [1.82, 2.24) is 20.4 Å². The van der Waals surface area contributed by atoms with Crippen LogP contribution in [0.4, 0.5) is 0 Å². The van der Waals surface area contributed by atoms with Gasteiger partial charge in [-0.3, -0.25) is 9.89 Å². The van der Waals surface area contributed by atoms with Gasteiger partial charge in [-0.25, -0.2) is 0 Å². The zero-order valence-electron chi connectivity index (χ0n) is 13.9. The first kappa shape index (κ1) is 15.4. The number of hydrogen-bond donors (Lipinski definition) is 2. The van der Waals surface area contributed by atoms with Crippen LogP contribution in [0, 0.1) is 0 Å². The van der Waals surface area contributed by atoms with E-state index >= 15 is 0 Å². The van der Waals surface area contributed by atoms with Crippen molar-refractivity contribution in [3.05, 3.63) is 53.3 Å². The van der Waals surface area contributed by atoms with Crippen LogP contribution in [0.3, 0.4) is 0 Å². The van der Waals surface area contributed by atoms with E-state index < -0.39 is 0 Å². The van der Waals surface area contributed by atoms with Crippen LogP contribution in [-0.4, -0.2) is 40.6 Å². The van der Waals surface area contributed by atoms with Crippen molar-refractivity contribution >= 4 is 5.91 Å². The lowest BCUT2D eigenvalue weighted by Gasteiger charge is -2.24. The predicted octanol–water partition coefficient (Wildman–Crippen LogP) is 2.85. The monoisotopic (exact) mass is 324 g/mol. The van der Waals surface area contributed by atoms with Crippen LogP contribution in [0.5, 0.6) is 0 Å². The van der Waals surface area contributed by atoms with E-state index in [0.29, 0.717) is 11.6 Å². The van der Waals surface area contributed by atoms with E-state index in [2.05, 4.69) is 32.5 Å². The van der Waals surface area contributed by atoms with Gasteiger partial charge in [0.15, 0.2) is 0 Å². The van der Waals surface area contributed by atoms with E-state index in [-0.39, 0.29) is 11.9 Å². The van der Waals surface area contributed by atoms with E-state index in [1.807, 2.05) is 24.3 Å². The molecule has 4 rings (SSSR count). The van der Waals surface area contributed by atoms with Crippen molar-refractivity contribution in [2.45, 2.75) is 37.6 Å². The van der Waals surface area contributed by atoms with Gasteiger partial charge in [0.25, 0.3) is 5.91 Å². The Kier molecular flexibility index (Phi) is 4.34. The number of aromatic amines is 1. The van der Waals surface area contributed by atoms with E-state index in [9.17, 15) is 4.79 Å². The van der Waals surface area contributed by atoms with E-state index in [1.54, 1.807) is 0 Å². The second-order valence-corrected chi connectivity index (χ2v) is 6.93. The van der Waals surface area contributed by atoms with Crippen LogP contribution in [0.2, 0.25) is 0 Å². The molecule has 5 heteroatoms. The fourth-order valence-corrected chi connectivity index (χ4v) is 3.43. The Hall–Kier alpha value is -2.14. The first-order chi connectivity index (χ1) is 11.8. The Morgan fingerprint density at radius 3 is 2.71 bits per heavy atom. The summed E-state index contributed by atoms with van der Waals surface area (Å²) in [7, 11) is 0. The number of likely N-dealkylation sites (tertiary alicyclic amines) is 1. The molecule has 2 fully saturated rings. The minimum atomic E-state index is -0.0915. The van der Waals surface area contributed by atoms with E-state index in [0.717, 1.165) is 30.9 Å². The summed E-state index contributed by atoms with van der Waals surface area (Å²) < 4.78 is 0. The number of amides is 1. The molecule has 1 aromatic carbocycles. The van der Waals surface area contributed by atoms with Crippen LogP contribution in [0.1, 0.15) is 59.4 Å². The molecule has 1 saturated carbocycles. The summed E-state index contributed by atoms with van der Waals surface area (Å²) in [5.41, 5.74) is 2.74. The highest BCUT2D eigenvalue weighted by Crippen LogP contribution is 2.39. The zero-order valence-corrected chi connectivity index (χ0v) is 13.9. The lowest BCUT2D eigenvalue weighted by Crippen LogP contribution is -2.37. The van der Waals surface area contributed by atoms with Crippen molar-refractivity contribution in [3.8, 4) is 0 Å². The molecule has 5 nitrogen and oxygen atoms in total. The van der Waals surface area contributed by atoms with Gasteiger partial charge in [0.2, 0.25) is 0 Å². The average molecular weight is 324 g/mol. The number of aromatic nitrogens is 2. The third-order valence-corrected chi connectivity index (χ3v) is 4.99. The molecule has 1 amide bonds. The topological polar surface area (TPSA) is 61.0 Å². The molecule has 2 N–H and O–H groups in total. The van der Waals surface area contributed by atoms with Gasteiger partial charge in [-0.05, 0) is 50.4 Å². The Labute approximate surface area is 142 Å². The molecule has 1 atom stereocenters. The molecule has 1 aliphatic heterocycles. The van der Waals surface area contributed by atoms with Crippen molar-refractivity contribution < 1.29 is 4.79 Å². The third-order valence-electron chi connectivity index (χ3n) is 4.99. The van der Waals surface area contributed by atoms with Gasteiger partial charge in [-0.15, -0.1) is 0 Å². The summed E-state index contributed by atoms with van der Waals surface area (Å²) in [4.78, 5) is 15.1. The third kappa shape index (κ3) is 3.51. The van der Waals surface area contributed by atoms with Gasteiger partial charge in [0.1, 0.15) is 5.69 Å². The highest BCUT2D eigenvalue weighted by molar-refractivity contribution is 5.92. The number of benzene rings is 1. The summed E-state index contributed by atoms with van der Waals surface area (Å²) in [6.07, 6.45) is 4.90. The SMILES string of the molecule is O=C(NC(CN1CCCC1)c1ccccc1)c1cc(C2CC2)[nH]n1. The Bertz CT molecular complexity index is 686. The maximum atomic E-state index is 12.6. The average Bonchev–Trinajstić information content (AvgIpc) is 3.12. The normalized spacial score (nSPS) is 19.3. The smallest absolute Gasteiger partial charge is 0.272 e. The molecule has 2 heterocycles. The highest BCUT2D eigenvalue weighted by Gasteiger charge is 2.27. The fraction of sp³-hybridized carbons (Fsp3) is 0.474. The molecular weight excluding hydrogens is 300 g/mol. The van der Waals surface area contributed by atoms with Crippen LogP contribution >= 0.6 is 0 Å². The summed E-state index contributed by atoms with van der Waals surface area (Å²) in [6, 6.07) is 12.1. The molecule has 2 aliphatic rings. The number of nitrogens with one attached hydrogen (secondary N) is 2. The number of hydrogen-bond acceptors (Lipinski definition) is 3. The largest absolute Gasteiger partial charge is 0.343 e. The molecule has 1 aromatic heterocycles. The number of rotatable bonds is 6. The number of carbonyl (C=O) groups excluding carboxylic acids is 1. The van der Waals surface area contributed by atoms with Crippen molar-refractivity contribution in [1.29, 1.82) is 0 Å². The first-order valence-electron chi connectivity index (χ1n) is 8.93. The van der Waals surface area contributed by atoms with Gasteiger partial charge in [0, 0.05) is 18.2 Å². The van der Waals surface area contributed by atoms with Crippen molar-refractivity contribution in [2.24, 2.45) is 0 Å². The van der Waals surface area contributed by atoms with Crippen molar-refractivity contribution in [3.63, 3.8) is 0 Å². The number of carbonyl (C=O) groups is 1. The molecule has 24 heavy (non-hydrogen) atoms. The molecular formula is C19H24N4O. The van der Waals surface area contributed by atoms with Gasteiger partial charge >= 0.3 is 0 Å². The highest BCUT2D eigenvalue weighted by atomic mass is 16.2. The molecule has 2 aromatic rings. The second kappa shape index (κ2) is 6.77. The van der Waals surface area contributed by atoms with Crippen molar-refractivity contribution in [2.75, 3.05) is 19.6 Å². The molecule has 126 valence electrons. The van der Waals surface area contributed by atoms with E-state index in [4.69, 9.17) is 0 Å². The quantitative estimate of drug-likeness (QED) is 0.859. The zero-order chi connectivity index (χ0) is 16.4. The molecule has 1 unspecified atom stereocenters. The number of nitrogens with zero attached hydrogens (tertiary/aromatic N) is 2. The number of H-pyrrole nitrogens is 1. The Balaban J connectivity index is 1.48. The molecule has 1 saturated heterocycles. The standard InChI is InChI=1S/C19H24N4O/c24-19(17-12-16(21-22-17)15-8-9-15)20-18(13-23-10-4-5-11-23)14-6-2-1-3-7-14/h1-3,6-7,12,15,18H,4-5,8-11,13H2,(H,20,24)(H,21,22).